The van der Waals surface area contributed by atoms with Crippen LogP contribution in [0.15, 0.2) is 46.1 Å². The van der Waals surface area contributed by atoms with E-state index < -0.39 is 17.2 Å². The van der Waals surface area contributed by atoms with Crippen LogP contribution in [0, 0.1) is 0 Å². The van der Waals surface area contributed by atoms with Crippen LogP contribution in [0.4, 0.5) is 5.69 Å². The quantitative estimate of drug-likeness (QED) is 0.680. The Morgan fingerprint density at radius 2 is 1.93 bits per heavy atom. The first-order valence-corrected chi connectivity index (χ1v) is 8.39. The summed E-state index contributed by atoms with van der Waals surface area (Å²) in [5.74, 6) is 0.847. The minimum absolute atomic E-state index is 0.164. The summed E-state index contributed by atoms with van der Waals surface area (Å²) in [5, 5.41) is 2.84. The number of rotatable bonds is 3. The number of hydrogen-bond donors (Lipinski definition) is 1. The molecule has 9 nitrogen and oxygen atoms in total. The molecular formula is C19H16N4O5. The first kappa shape index (κ1) is 17.5. The van der Waals surface area contributed by atoms with Crippen LogP contribution in [-0.2, 0) is 18.9 Å². The number of nitrogens with one attached hydrogen (secondary N) is 1. The predicted octanol–water partition coefficient (Wildman–Crippen LogP) is 1.01. The Hall–Kier alpha value is -3.88. The van der Waals surface area contributed by atoms with Crippen molar-refractivity contribution >= 4 is 28.7 Å². The molecule has 3 aromatic rings. The largest absolute Gasteiger partial charge is 0.454 e. The van der Waals surface area contributed by atoms with Gasteiger partial charge < -0.3 is 14.8 Å². The van der Waals surface area contributed by atoms with Gasteiger partial charge in [-0.25, -0.2) is 9.78 Å². The second-order valence-electron chi connectivity index (χ2n) is 6.20. The zero-order valence-corrected chi connectivity index (χ0v) is 15.1. The molecule has 0 fully saturated rings. The van der Waals surface area contributed by atoms with Crippen molar-refractivity contribution in [1.82, 2.24) is 14.1 Å². The normalized spacial score (nSPS) is 12.6. The standard InChI is InChI=1S/C19H16N4O5/c1-22-17-16(18(25)23(2)19(22)26)12(7-8-20-17)21-15(24)6-4-11-3-5-13-14(9-11)28-10-27-13/h3-9H,10H2,1-2H3,(H,20,21,24)/b6-4-. The average Bonchev–Trinajstić information content (AvgIpc) is 3.17. The molecule has 1 aromatic carbocycles. The van der Waals surface area contributed by atoms with E-state index in [2.05, 4.69) is 10.3 Å². The molecule has 1 aliphatic rings. The van der Waals surface area contributed by atoms with Crippen LogP contribution in [0.25, 0.3) is 17.1 Å². The summed E-state index contributed by atoms with van der Waals surface area (Å²) >= 11 is 0. The van der Waals surface area contributed by atoms with Crippen LogP contribution in [0.2, 0.25) is 0 Å². The molecule has 0 saturated heterocycles. The molecule has 4 rings (SSSR count). The molecule has 0 radical (unpaired) electrons. The Morgan fingerprint density at radius 3 is 2.75 bits per heavy atom. The van der Waals surface area contributed by atoms with Gasteiger partial charge in [-0.3, -0.25) is 18.7 Å². The molecule has 1 amide bonds. The number of amides is 1. The second-order valence-corrected chi connectivity index (χ2v) is 6.20. The van der Waals surface area contributed by atoms with Gasteiger partial charge in [0.25, 0.3) is 5.56 Å². The van der Waals surface area contributed by atoms with Crippen LogP contribution in [-0.4, -0.2) is 26.8 Å². The van der Waals surface area contributed by atoms with Gasteiger partial charge in [0.05, 0.1) is 5.69 Å². The number of carbonyl (C=O) groups is 1. The zero-order chi connectivity index (χ0) is 19.8. The highest BCUT2D eigenvalue weighted by Crippen LogP contribution is 2.32. The summed E-state index contributed by atoms with van der Waals surface area (Å²) in [6.07, 6.45) is 4.39. The summed E-state index contributed by atoms with van der Waals surface area (Å²) in [6.45, 7) is 0.176. The van der Waals surface area contributed by atoms with E-state index in [9.17, 15) is 14.4 Å². The smallest absolute Gasteiger partial charge is 0.332 e. The van der Waals surface area contributed by atoms with Crippen molar-refractivity contribution in [3.8, 4) is 11.5 Å². The Labute approximate surface area is 158 Å². The van der Waals surface area contributed by atoms with Gasteiger partial charge in [-0.05, 0) is 29.8 Å². The first-order chi connectivity index (χ1) is 13.5. The van der Waals surface area contributed by atoms with Crippen molar-refractivity contribution in [2.24, 2.45) is 14.1 Å². The number of nitrogens with zero attached hydrogens (tertiary/aromatic N) is 3. The maximum Gasteiger partial charge on any atom is 0.332 e. The van der Waals surface area contributed by atoms with Crippen molar-refractivity contribution in [1.29, 1.82) is 0 Å². The Balaban J connectivity index is 1.64. The van der Waals surface area contributed by atoms with E-state index in [4.69, 9.17) is 9.47 Å². The topological polar surface area (TPSA) is 104 Å². The van der Waals surface area contributed by atoms with E-state index in [1.807, 2.05) is 0 Å². The minimum atomic E-state index is -0.527. The molecule has 0 unspecified atom stereocenters. The number of hydrogen-bond acceptors (Lipinski definition) is 6. The monoisotopic (exact) mass is 380 g/mol. The van der Waals surface area contributed by atoms with Crippen molar-refractivity contribution in [2.75, 3.05) is 12.1 Å². The Kier molecular flexibility index (Phi) is 4.19. The number of aryl methyl sites for hydroxylation is 1. The van der Waals surface area contributed by atoms with Crippen molar-refractivity contribution in [3.05, 3.63) is 62.9 Å². The summed E-state index contributed by atoms with van der Waals surface area (Å²) in [5.41, 5.74) is 0.224. The number of ether oxygens (including phenoxy) is 2. The number of carbonyl (C=O) groups excluding carboxylic acids is 1. The van der Waals surface area contributed by atoms with Gasteiger partial charge >= 0.3 is 5.69 Å². The fourth-order valence-electron chi connectivity index (χ4n) is 2.95. The highest BCUT2D eigenvalue weighted by molar-refractivity contribution is 6.06. The van der Waals surface area contributed by atoms with Gasteiger partial charge in [0.15, 0.2) is 17.1 Å². The van der Waals surface area contributed by atoms with Gasteiger partial charge in [-0.1, -0.05) is 6.07 Å². The van der Waals surface area contributed by atoms with Crippen molar-refractivity contribution in [3.63, 3.8) is 0 Å². The van der Waals surface area contributed by atoms with E-state index in [-0.39, 0.29) is 23.5 Å². The van der Waals surface area contributed by atoms with Crippen LogP contribution in [0.3, 0.4) is 0 Å². The van der Waals surface area contributed by atoms with E-state index in [1.165, 1.54) is 37.0 Å². The van der Waals surface area contributed by atoms with Gasteiger partial charge in [0.2, 0.25) is 12.7 Å². The molecule has 9 heteroatoms. The number of pyridine rings is 1. The Morgan fingerprint density at radius 1 is 1.14 bits per heavy atom. The third-order valence-electron chi connectivity index (χ3n) is 4.42. The molecule has 0 atom stereocenters. The molecule has 0 bridgehead atoms. The summed E-state index contributed by atoms with van der Waals surface area (Å²) in [7, 11) is 2.89. The lowest BCUT2D eigenvalue weighted by Crippen LogP contribution is -2.37. The molecule has 3 heterocycles. The number of benzene rings is 1. The minimum Gasteiger partial charge on any atom is -0.454 e. The molecular weight excluding hydrogens is 364 g/mol. The van der Waals surface area contributed by atoms with Gasteiger partial charge in [-0.15, -0.1) is 0 Å². The lowest BCUT2D eigenvalue weighted by atomic mass is 10.2. The second kappa shape index (κ2) is 6.69. The summed E-state index contributed by atoms with van der Waals surface area (Å²) < 4.78 is 12.8. The lowest BCUT2D eigenvalue weighted by molar-refractivity contribution is -0.111. The molecule has 2 aromatic heterocycles. The van der Waals surface area contributed by atoms with Crippen LogP contribution < -0.4 is 26.0 Å². The molecule has 1 N–H and O–H groups in total. The van der Waals surface area contributed by atoms with Crippen LogP contribution in [0.1, 0.15) is 5.56 Å². The number of anilines is 1. The number of aromatic nitrogens is 3. The fraction of sp³-hybridized carbons (Fsp3) is 0.158. The summed E-state index contributed by atoms with van der Waals surface area (Å²) in [6, 6.07) is 6.84. The molecule has 28 heavy (non-hydrogen) atoms. The molecule has 0 saturated carbocycles. The van der Waals surface area contributed by atoms with E-state index in [0.717, 1.165) is 10.1 Å². The van der Waals surface area contributed by atoms with Gasteiger partial charge in [-0.2, -0.15) is 0 Å². The lowest BCUT2D eigenvalue weighted by Gasteiger charge is -2.10. The molecule has 0 aliphatic carbocycles. The maximum atomic E-state index is 12.5. The van der Waals surface area contributed by atoms with Crippen molar-refractivity contribution in [2.45, 2.75) is 0 Å². The first-order valence-electron chi connectivity index (χ1n) is 8.39. The third kappa shape index (κ3) is 2.92. The maximum absolute atomic E-state index is 12.5. The zero-order valence-electron chi connectivity index (χ0n) is 15.1. The Bertz CT molecular complexity index is 1260. The van der Waals surface area contributed by atoms with Gasteiger partial charge in [0, 0.05) is 26.4 Å². The molecule has 142 valence electrons. The third-order valence-corrected chi connectivity index (χ3v) is 4.42. The van der Waals surface area contributed by atoms with E-state index in [1.54, 1.807) is 24.3 Å². The van der Waals surface area contributed by atoms with E-state index in [0.29, 0.717) is 11.5 Å². The highest BCUT2D eigenvalue weighted by Gasteiger charge is 2.15. The van der Waals surface area contributed by atoms with Gasteiger partial charge in [0.1, 0.15) is 5.39 Å². The van der Waals surface area contributed by atoms with E-state index >= 15 is 0 Å². The average molecular weight is 380 g/mol. The predicted molar refractivity (Wildman–Crippen MR) is 102 cm³/mol. The molecule has 1 aliphatic heterocycles. The summed E-state index contributed by atoms with van der Waals surface area (Å²) in [4.78, 5) is 41.0. The molecule has 0 spiro atoms. The SMILES string of the molecule is Cn1c(=O)c2c(NC(=O)/C=C\c3ccc4c(c3)OCO4)ccnc2n(C)c1=O. The van der Waals surface area contributed by atoms with Crippen molar-refractivity contribution < 1.29 is 14.3 Å². The highest BCUT2D eigenvalue weighted by atomic mass is 16.7. The van der Waals surface area contributed by atoms with Crippen LogP contribution in [0.5, 0.6) is 11.5 Å². The number of fused-ring (bicyclic) bond motifs is 2. The fourth-order valence-corrected chi connectivity index (χ4v) is 2.95. The van der Waals surface area contributed by atoms with Crippen LogP contribution >= 0.6 is 0 Å².